The highest BCUT2D eigenvalue weighted by Crippen LogP contribution is 2.34. The van der Waals surface area contributed by atoms with Gasteiger partial charge >= 0.3 is 6.18 Å². The number of halogens is 6. The molecule has 0 heterocycles. The molecular weight excluding hydrogens is 402 g/mol. The van der Waals surface area contributed by atoms with Crippen molar-refractivity contribution in [2.24, 2.45) is 0 Å². The van der Waals surface area contributed by atoms with Crippen LogP contribution < -0.4 is 10.1 Å². The number of alkyl halides is 3. The van der Waals surface area contributed by atoms with Gasteiger partial charge in [0.25, 0.3) is 5.91 Å². The molecule has 0 aliphatic carbocycles. The predicted molar refractivity (Wildman–Crippen MR) is 91.6 cm³/mol. The molecule has 0 aliphatic rings. The Balaban J connectivity index is 2.13. The van der Waals surface area contributed by atoms with Crippen molar-refractivity contribution in [1.82, 2.24) is 0 Å². The van der Waals surface area contributed by atoms with E-state index in [0.29, 0.717) is 5.02 Å². The number of hydrogen-bond donors (Lipinski definition) is 1. The lowest BCUT2D eigenvalue weighted by Crippen LogP contribution is -2.30. The van der Waals surface area contributed by atoms with Crippen LogP contribution in [0.1, 0.15) is 12.5 Å². The van der Waals surface area contributed by atoms with Gasteiger partial charge in [-0.05, 0) is 43.3 Å². The molecule has 0 bridgehead atoms. The van der Waals surface area contributed by atoms with Gasteiger partial charge < -0.3 is 10.1 Å². The number of ether oxygens (including phenoxy) is 1. The van der Waals surface area contributed by atoms with E-state index in [1.165, 1.54) is 25.1 Å². The van der Waals surface area contributed by atoms with Crippen molar-refractivity contribution in [2.45, 2.75) is 19.2 Å². The summed E-state index contributed by atoms with van der Waals surface area (Å²) in [5.41, 5.74) is -1.10. The molecule has 0 saturated carbocycles. The van der Waals surface area contributed by atoms with E-state index in [4.69, 9.17) is 39.5 Å². The summed E-state index contributed by atoms with van der Waals surface area (Å²) < 4.78 is 43.7. The minimum Gasteiger partial charge on any atom is -0.479 e. The van der Waals surface area contributed by atoms with Gasteiger partial charge in [-0.25, -0.2) is 0 Å². The summed E-state index contributed by atoms with van der Waals surface area (Å²) in [6.45, 7) is 1.42. The lowest BCUT2D eigenvalue weighted by molar-refractivity contribution is -0.137. The number of nitrogens with one attached hydrogen (secondary N) is 1. The molecule has 2 aromatic rings. The third-order valence-corrected chi connectivity index (χ3v) is 3.98. The summed E-state index contributed by atoms with van der Waals surface area (Å²) in [7, 11) is 0. The van der Waals surface area contributed by atoms with Crippen molar-refractivity contribution in [3.63, 3.8) is 0 Å². The van der Waals surface area contributed by atoms with Crippen LogP contribution in [0.3, 0.4) is 0 Å². The molecule has 134 valence electrons. The van der Waals surface area contributed by atoms with Gasteiger partial charge in [0.1, 0.15) is 5.75 Å². The molecular formula is C16H11Cl3F3NO2. The molecule has 1 amide bonds. The molecule has 0 spiro atoms. The number of carbonyl (C=O) groups is 1. The van der Waals surface area contributed by atoms with E-state index in [0.717, 1.165) is 18.2 Å². The summed E-state index contributed by atoms with van der Waals surface area (Å²) >= 11 is 17.6. The van der Waals surface area contributed by atoms with Crippen molar-refractivity contribution in [3.05, 3.63) is 57.0 Å². The van der Waals surface area contributed by atoms with Crippen molar-refractivity contribution in [2.75, 3.05) is 5.32 Å². The fourth-order valence-corrected chi connectivity index (χ4v) is 2.46. The van der Waals surface area contributed by atoms with E-state index in [-0.39, 0.29) is 21.5 Å². The van der Waals surface area contributed by atoms with Crippen LogP contribution in [0.25, 0.3) is 0 Å². The van der Waals surface area contributed by atoms with Gasteiger partial charge in [0.15, 0.2) is 6.10 Å². The van der Waals surface area contributed by atoms with Crippen molar-refractivity contribution in [1.29, 1.82) is 0 Å². The average Bonchev–Trinajstić information content (AvgIpc) is 2.50. The Kier molecular flexibility index (Phi) is 6.08. The Labute approximate surface area is 156 Å². The molecule has 0 aliphatic heterocycles. The highest BCUT2D eigenvalue weighted by Gasteiger charge is 2.31. The van der Waals surface area contributed by atoms with Crippen LogP contribution >= 0.6 is 34.8 Å². The fraction of sp³-hybridized carbons (Fsp3) is 0.188. The van der Waals surface area contributed by atoms with E-state index < -0.39 is 23.8 Å². The normalized spacial score (nSPS) is 12.6. The van der Waals surface area contributed by atoms with Crippen LogP contribution in [0, 0.1) is 0 Å². The van der Waals surface area contributed by atoms with Crippen LogP contribution in [0.15, 0.2) is 36.4 Å². The molecule has 1 N–H and O–H groups in total. The maximum atomic E-state index is 12.8. The van der Waals surface area contributed by atoms with Gasteiger partial charge in [0.2, 0.25) is 0 Å². The topological polar surface area (TPSA) is 38.3 Å². The number of hydrogen-bond acceptors (Lipinski definition) is 2. The Bertz CT molecular complexity index is 797. The van der Waals surface area contributed by atoms with Crippen LogP contribution in [0.4, 0.5) is 18.9 Å². The summed E-state index contributed by atoms with van der Waals surface area (Å²) in [5.74, 6) is -0.476. The van der Waals surface area contributed by atoms with Crippen LogP contribution in [-0.4, -0.2) is 12.0 Å². The first-order valence-corrected chi connectivity index (χ1v) is 8.00. The van der Waals surface area contributed by atoms with Crippen LogP contribution in [0.5, 0.6) is 5.75 Å². The average molecular weight is 413 g/mol. The maximum Gasteiger partial charge on any atom is 0.416 e. The van der Waals surface area contributed by atoms with Gasteiger partial charge in [0.05, 0.1) is 21.3 Å². The molecule has 3 nitrogen and oxygen atoms in total. The highest BCUT2D eigenvalue weighted by atomic mass is 35.5. The number of anilines is 1. The second-order valence-corrected chi connectivity index (χ2v) is 6.27. The largest absolute Gasteiger partial charge is 0.479 e. The number of amides is 1. The lowest BCUT2D eigenvalue weighted by atomic mass is 10.2. The molecule has 0 radical (unpaired) electrons. The first-order valence-electron chi connectivity index (χ1n) is 6.87. The number of benzene rings is 2. The maximum absolute atomic E-state index is 12.8. The number of carbonyl (C=O) groups excluding carboxylic acids is 1. The Morgan fingerprint density at radius 2 is 1.76 bits per heavy atom. The quantitative estimate of drug-likeness (QED) is 0.662. The van der Waals surface area contributed by atoms with Gasteiger partial charge in [-0.1, -0.05) is 34.8 Å². The van der Waals surface area contributed by atoms with E-state index in [1.807, 2.05) is 0 Å². The molecule has 2 rings (SSSR count). The third-order valence-electron chi connectivity index (χ3n) is 3.12. The summed E-state index contributed by atoms with van der Waals surface area (Å²) in [6.07, 6.45) is -5.59. The zero-order chi connectivity index (χ0) is 18.8. The fourth-order valence-electron chi connectivity index (χ4n) is 1.85. The van der Waals surface area contributed by atoms with E-state index >= 15 is 0 Å². The molecule has 0 fully saturated rings. The summed E-state index contributed by atoms with van der Waals surface area (Å²) in [5, 5.41) is 2.87. The van der Waals surface area contributed by atoms with Gasteiger partial charge in [0, 0.05) is 5.02 Å². The van der Waals surface area contributed by atoms with Gasteiger partial charge in [-0.2, -0.15) is 13.2 Å². The monoisotopic (exact) mass is 411 g/mol. The second-order valence-electron chi connectivity index (χ2n) is 5.02. The van der Waals surface area contributed by atoms with Crippen LogP contribution in [0.2, 0.25) is 15.1 Å². The van der Waals surface area contributed by atoms with Crippen molar-refractivity contribution in [3.8, 4) is 5.75 Å². The minimum atomic E-state index is -4.55. The van der Waals surface area contributed by atoms with Gasteiger partial charge in [-0.15, -0.1) is 0 Å². The van der Waals surface area contributed by atoms with Crippen molar-refractivity contribution < 1.29 is 22.7 Å². The summed E-state index contributed by atoms with van der Waals surface area (Å²) in [4.78, 5) is 12.2. The highest BCUT2D eigenvalue weighted by molar-refractivity contribution is 6.35. The third kappa shape index (κ3) is 5.17. The minimum absolute atomic E-state index is 0.0296. The Morgan fingerprint density at radius 1 is 1.08 bits per heavy atom. The number of rotatable bonds is 4. The zero-order valence-electron chi connectivity index (χ0n) is 12.6. The standard InChI is InChI=1S/C16H11Cl3F3NO2/c1-8(25-14-5-3-10(17)7-12(14)19)15(24)23-13-6-9(16(20,21)22)2-4-11(13)18/h2-8H,1H3,(H,23,24). The molecule has 1 unspecified atom stereocenters. The molecule has 25 heavy (non-hydrogen) atoms. The zero-order valence-corrected chi connectivity index (χ0v) is 14.9. The van der Waals surface area contributed by atoms with E-state index in [9.17, 15) is 18.0 Å². The van der Waals surface area contributed by atoms with Crippen molar-refractivity contribution >= 4 is 46.4 Å². The van der Waals surface area contributed by atoms with Gasteiger partial charge in [-0.3, -0.25) is 4.79 Å². The van der Waals surface area contributed by atoms with E-state index in [2.05, 4.69) is 5.32 Å². The summed E-state index contributed by atoms with van der Waals surface area (Å²) in [6, 6.07) is 7.07. The molecule has 2 aromatic carbocycles. The first-order chi connectivity index (χ1) is 11.6. The SMILES string of the molecule is CC(Oc1ccc(Cl)cc1Cl)C(=O)Nc1cc(C(F)(F)F)ccc1Cl. The van der Waals surface area contributed by atoms with Crippen LogP contribution in [-0.2, 0) is 11.0 Å². The predicted octanol–water partition coefficient (Wildman–Crippen LogP) is 6.07. The second kappa shape index (κ2) is 7.72. The van der Waals surface area contributed by atoms with E-state index in [1.54, 1.807) is 0 Å². The molecule has 9 heteroatoms. The molecule has 1 atom stereocenters. The Hall–Kier alpha value is -1.63. The Morgan fingerprint density at radius 3 is 2.36 bits per heavy atom. The molecule has 0 saturated heterocycles. The molecule has 0 aromatic heterocycles. The smallest absolute Gasteiger partial charge is 0.416 e. The first kappa shape index (κ1) is 19.7. The lowest BCUT2D eigenvalue weighted by Gasteiger charge is -2.17.